The van der Waals surface area contributed by atoms with Crippen LogP contribution in [0.4, 0.5) is 0 Å². The standard InChI is InChI=1S/C19H21NO/c1-3-4-8-15-20-19(16-9-6-5-7-10-16)17-11-13-18(21-2)14-12-17/h1,5-7,9-14,19-20H,4,8,15H2,2H3. The number of rotatable bonds is 7. The largest absolute Gasteiger partial charge is 0.497 e. The topological polar surface area (TPSA) is 21.3 Å². The summed E-state index contributed by atoms with van der Waals surface area (Å²) in [5.41, 5.74) is 2.48. The van der Waals surface area contributed by atoms with Gasteiger partial charge in [0, 0.05) is 6.42 Å². The van der Waals surface area contributed by atoms with Crippen LogP contribution in [0.3, 0.4) is 0 Å². The van der Waals surface area contributed by atoms with Crippen LogP contribution >= 0.6 is 0 Å². The summed E-state index contributed by atoms with van der Waals surface area (Å²) >= 11 is 0. The number of ether oxygens (including phenoxy) is 1. The van der Waals surface area contributed by atoms with E-state index < -0.39 is 0 Å². The Labute approximate surface area is 127 Å². The SMILES string of the molecule is C#CCCCNC(c1ccccc1)c1ccc(OC)cc1. The fourth-order valence-corrected chi connectivity index (χ4v) is 2.31. The Balaban J connectivity index is 2.16. The third kappa shape index (κ3) is 4.37. The molecule has 0 aliphatic carbocycles. The van der Waals surface area contributed by atoms with E-state index >= 15 is 0 Å². The number of terminal acetylenes is 1. The van der Waals surface area contributed by atoms with Crippen molar-refractivity contribution in [1.82, 2.24) is 5.32 Å². The lowest BCUT2D eigenvalue weighted by Crippen LogP contribution is -2.23. The molecule has 0 aliphatic rings. The van der Waals surface area contributed by atoms with Gasteiger partial charge < -0.3 is 10.1 Å². The molecule has 1 N–H and O–H groups in total. The highest BCUT2D eigenvalue weighted by Gasteiger charge is 2.12. The number of hydrogen-bond donors (Lipinski definition) is 1. The van der Waals surface area contributed by atoms with Gasteiger partial charge in [-0.05, 0) is 36.2 Å². The predicted octanol–water partition coefficient (Wildman–Crippen LogP) is 3.79. The fourth-order valence-electron chi connectivity index (χ4n) is 2.31. The molecule has 0 spiro atoms. The van der Waals surface area contributed by atoms with Gasteiger partial charge in [0.05, 0.1) is 13.2 Å². The Kier molecular flexibility index (Phi) is 5.87. The number of nitrogens with one attached hydrogen (secondary N) is 1. The first-order valence-electron chi connectivity index (χ1n) is 7.21. The zero-order chi connectivity index (χ0) is 14.9. The maximum Gasteiger partial charge on any atom is 0.118 e. The van der Waals surface area contributed by atoms with Gasteiger partial charge in [0.25, 0.3) is 0 Å². The van der Waals surface area contributed by atoms with Crippen LogP contribution in [-0.2, 0) is 0 Å². The van der Waals surface area contributed by atoms with E-state index in [1.807, 2.05) is 18.2 Å². The van der Waals surface area contributed by atoms with Crippen molar-refractivity contribution in [3.8, 4) is 18.1 Å². The molecule has 0 heterocycles. The van der Waals surface area contributed by atoms with E-state index in [9.17, 15) is 0 Å². The molecule has 0 fully saturated rings. The summed E-state index contributed by atoms with van der Waals surface area (Å²) in [6.45, 7) is 0.899. The molecule has 21 heavy (non-hydrogen) atoms. The molecule has 2 nitrogen and oxygen atoms in total. The molecule has 1 unspecified atom stereocenters. The summed E-state index contributed by atoms with van der Waals surface area (Å²) in [5, 5.41) is 3.59. The molecule has 0 aliphatic heterocycles. The number of hydrogen-bond acceptors (Lipinski definition) is 2. The molecule has 0 saturated heterocycles. The van der Waals surface area contributed by atoms with Crippen molar-refractivity contribution in [3.05, 3.63) is 65.7 Å². The highest BCUT2D eigenvalue weighted by Crippen LogP contribution is 2.24. The van der Waals surface area contributed by atoms with Crippen molar-refractivity contribution in [3.63, 3.8) is 0 Å². The Hall–Kier alpha value is -2.24. The van der Waals surface area contributed by atoms with Gasteiger partial charge in [-0.25, -0.2) is 0 Å². The smallest absolute Gasteiger partial charge is 0.118 e. The lowest BCUT2D eigenvalue weighted by atomic mass is 9.98. The van der Waals surface area contributed by atoms with Gasteiger partial charge in [0.1, 0.15) is 5.75 Å². The molecule has 1 atom stereocenters. The first kappa shape index (κ1) is 15.2. The molecule has 0 saturated carbocycles. The van der Waals surface area contributed by atoms with Gasteiger partial charge in [-0.15, -0.1) is 12.3 Å². The molecule has 0 radical (unpaired) electrons. The maximum absolute atomic E-state index is 5.31. The predicted molar refractivity (Wildman–Crippen MR) is 87.3 cm³/mol. The van der Waals surface area contributed by atoms with Crippen molar-refractivity contribution in [1.29, 1.82) is 0 Å². The molecular weight excluding hydrogens is 258 g/mol. The zero-order valence-electron chi connectivity index (χ0n) is 12.4. The number of unbranched alkanes of at least 4 members (excludes halogenated alkanes) is 1. The summed E-state index contributed by atoms with van der Waals surface area (Å²) in [6.07, 6.45) is 7.09. The second-order valence-electron chi connectivity index (χ2n) is 4.88. The average Bonchev–Trinajstić information content (AvgIpc) is 2.56. The van der Waals surface area contributed by atoms with E-state index in [1.54, 1.807) is 7.11 Å². The molecule has 0 bridgehead atoms. The van der Waals surface area contributed by atoms with Crippen LogP contribution in [0.15, 0.2) is 54.6 Å². The highest BCUT2D eigenvalue weighted by atomic mass is 16.5. The monoisotopic (exact) mass is 279 g/mol. The van der Waals surface area contributed by atoms with Crippen molar-refractivity contribution in [2.75, 3.05) is 13.7 Å². The second-order valence-corrected chi connectivity index (χ2v) is 4.88. The normalized spacial score (nSPS) is 11.6. The first-order chi connectivity index (χ1) is 10.3. The van der Waals surface area contributed by atoms with E-state index in [0.29, 0.717) is 0 Å². The van der Waals surface area contributed by atoms with Gasteiger partial charge in [-0.3, -0.25) is 0 Å². The summed E-state index contributed by atoms with van der Waals surface area (Å²) in [4.78, 5) is 0. The van der Waals surface area contributed by atoms with Crippen LogP contribution in [0.2, 0.25) is 0 Å². The quantitative estimate of drug-likeness (QED) is 0.615. The molecule has 2 heteroatoms. The fraction of sp³-hybridized carbons (Fsp3) is 0.263. The van der Waals surface area contributed by atoms with Gasteiger partial charge in [-0.1, -0.05) is 42.5 Å². The summed E-state index contributed by atoms with van der Waals surface area (Å²) in [6, 6.07) is 18.8. The summed E-state index contributed by atoms with van der Waals surface area (Å²) < 4.78 is 5.23. The van der Waals surface area contributed by atoms with Gasteiger partial charge in [0.15, 0.2) is 0 Å². The van der Waals surface area contributed by atoms with Crippen molar-refractivity contribution in [2.45, 2.75) is 18.9 Å². The summed E-state index contributed by atoms with van der Waals surface area (Å²) in [7, 11) is 1.68. The van der Waals surface area contributed by atoms with Crippen LogP contribution < -0.4 is 10.1 Å². The van der Waals surface area contributed by atoms with Crippen LogP contribution in [0.25, 0.3) is 0 Å². The van der Waals surface area contributed by atoms with Gasteiger partial charge in [-0.2, -0.15) is 0 Å². The summed E-state index contributed by atoms with van der Waals surface area (Å²) in [5.74, 6) is 3.55. The zero-order valence-corrected chi connectivity index (χ0v) is 12.4. The third-order valence-corrected chi connectivity index (χ3v) is 3.43. The van der Waals surface area contributed by atoms with E-state index in [1.165, 1.54) is 11.1 Å². The van der Waals surface area contributed by atoms with E-state index in [4.69, 9.17) is 11.2 Å². The first-order valence-corrected chi connectivity index (χ1v) is 7.21. The number of methoxy groups -OCH3 is 1. The van der Waals surface area contributed by atoms with E-state index in [2.05, 4.69) is 47.6 Å². The minimum atomic E-state index is 0.176. The van der Waals surface area contributed by atoms with Crippen LogP contribution in [0, 0.1) is 12.3 Å². The molecular formula is C19H21NO. The lowest BCUT2D eigenvalue weighted by molar-refractivity contribution is 0.414. The highest BCUT2D eigenvalue weighted by molar-refractivity contribution is 5.35. The van der Waals surface area contributed by atoms with Gasteiger partial charge in [0.2, 0.25) is 0 Å². The molecule has 2 rings (SSSR count). The Morgan fingerprint density at radius 3 is 2.33 bits per heavy atom. The van der Waals surface area contributed by atoms with Gasteiger partial charge >= 0.3 is 0 Å². The lowest BCUT2D eigenvalue weighted by Gasteiger charge is -2.20. The molecule has 108 valence electrons. The second kappa shape index (κ2) is 8.14. The molecule has 0 aromatic heterocycles. The average molecular weight is 279 g/mol. The molecule has 2 aromatic rings. The number of benzene rings is 2. The van der Waals surface area contributed by atoms with Crippen molar-refractivity contribution < 1.29 is 4.74 Å². The van der Waals surface area contributed by atoms with Crippen LogP contribution in [0.1, 0.15) is 30.0 Å². The third-order valence-electron chi connectivity index (χ3n) is 3.43. The Bertz CT molecular complexity index is 569. The Morgan fingerprint density at radius 1 is 1.05 bits per heavy atom. The maximum atomic E-state index is 5.31. The van der Waals surface area contributed by atoms with E-state index in [-0.39, 0.29) is 6.04 Å². The molecule has 2 aromatic carbocycles. The van der Waals surface area contributed by atoms with Crippen molar-refractivity contribution >= 4 is 0 Å². The van der Waals surface area contributed by atoms with E-state index in [0.717, 1.165) is 25.1 Å². The minimum Gasteiger partial charge on any atom is -0.497 e. The van der Waals surface area contributed by atoms with Crippen molar-refractivity contribution in [2.24, 2.45) is 0 Å². The molecule has 0 amide bonds. The minimum absolute atomic E-state index is 0.176. The Morgan fingerprint density at radius 2 is 1.71 bits per heavy atom. The van der Waals surface area contributed by atoms with Crippen LogP contribution in [-0.4, -0.2) is 13.7 Å². The van der Waals surface area contributed by atoms with Crippen LogP contribution in [0.5, 0.6) is 5.75 Å².